The third kappa shape index (κ3) is 5.88. The van der Waals surface area contributed by atoms with Crippen LogP contribution < -0.4 is 15.5 Å². The fraction of sp³-hybridized carbons (Fsp3) is 0.118. The number of nitrogens with one attached hydrogen (secondary N) is 2. The number of nitrogens with zero attached hydrogens (tertiary/aromatic N) is 1. The predicted molar refractivity (Wildman–Crippen MR) is 100 cm³/mol. The van der Waals surface area contributed by atoms with Gasteiger partial charge in [-0.25, -0.2) is 5.43 Å². The number of hydrogen-bond acceptors (Lipinski definition) is 4. The summed E-state index contributed by atoms with van der Waals surface area (Å²) in [7, 11) is 1.55. The van der Waals surface area contributed by atoms with Gasteiger partial charge >= 0.3 is 0 Å². The van der Waals surface area contributed by atoms with Crippen molar-refractivity contribution in [1.82, 2.24) is 10.7 Å². The molecular weight excluding hydrogens is 410 g/mol. The zero-order chi connectivity index (χ0) is 18.2. The van der Waals surface area contributed by atoms with Gasteiger partial charge in [0.1, 0.15) is 5.75 Å². The fourth-order valence-corrected chi connectivity index (χ4v) is 2.39. The summed E-state index contributed by atoms with van der Waals surface area (Å²) in [6.45, 7) is -0.200. The smallest absolute Gasteiger partial charge is 0.259 e. The van der Waals surface area contributed by atoms with Crippen LogP contribution in [0, 0.1) is 0 Å². The normalized spacial score (nSPS) is 10.5. The number of hydrogen-bond donors (Lipinski definition) is 2. The summed E-state index contributed by atoms with van der Waals surface area (Å²) in [5.41, 5.74) is 3.45. The average Bonchev–Trinajstić information content (AvgIpc) is 2.60. The van der Waals surface area contributed by atoms with Gasteiger partial charge in [0.15, 0.2) is 0 Å². The molecule has 0 aromatic heterocycles. The molecule has 0 aliphatic rings. The standard InChI is InChI=1S/C17H15BrClN3O3/c1-25-15-7-4-13(18)8-12(15)9-21-22-16(23)10-20-17(24)11-2-5-14(19)6-3-11/h2-9H,10H2,1H3,(H,20,24)(H,22,23)/b21-9+. The second kappa shape index (κ2) is 9.19. The van der Waals surface area contributed by atoms with Crippen LogP contribution in [0.2, 0.25) is 5.02 Å². The van der Waals surface area contributed by atoms with E-state index in [2.05, 4.69) is 31.8 Å². The van der Waals surface area contributed by atoms with Gasteiger partial charge in [-0.15, -0.1) is 0 Å². The number of hydrazone groups is 1. The molecular formula is C17H15BrClN3O3. The zero-order valence-electron chi connectivity index (χ0n) is 13.3. The van der Waals surface area contributed by atoms with Crippen molar-refractivity contribution in [2.24, 2.45) is 5.10 Å². The van der Waals surface area contributed by atoms with E-state index in [1.807, 2.05) is 6.07 Å². The van der Waals surface area contributed by atoms with Gasteiger partial charge < -0.3 is 10.1 Å². The molecule has 6 nitrogen and oxygen atoms in total. The second-order valence-electron chi connectivity index (χ2n) is 4.87. The number of benzene rings is 2. The van der Waals surface area contributed by atoms with E-state index in [9.17, 15) is 9.59 Å². The van der Waals surface area contributed by atoms with Crippen molar-refractivity contribution in [2.75, 3.05) is 13.7 Å². The molecule has 0 radical (unpaired) electrons. The molecule has 2 rings (SSSR count). The van der Waals surface area contributed by atoms with E-state index in [-0.39, 0.29) is 12.5 Å². The highest BCUT2D eigenvalue weighted by atomic mass is 79.9. The first-order chi connectivity index (χ1) is 12.0. The minimum atomic E-state index is -0.451. The number of rotatable bonds is 6. The van der Waals surface area contributed by atoms with Gasteiger partial charge in [0.2, 0.25) is 0 Å². The maximum absolute atomic E-state index is 11.9. The maximum atomic E-state index is 11.9. The van der Waals surface area contributed by atoms with Crippen molar-refractivity contribution in [2.45, 2.75) is 0 Å². The highest BCUT2D eigenvalue weighted by Crippen LogP contribution is 2.21. The Morgan fingerprint density at radius 3 is 2.64 bits per heavy atom. The number of methoxy groups -OCH3 is 1. The van der Waals surface area contributed by atoms with Crippen LogP contribution in [0.25, 0.3) is 0 Å². The highest BCUT2D eigenvalue weighted by molar-refractivity contribution is 9.10. The van der Waals surface area contributed by atoms with Crippen molar-refractivity contribution in [3.63, 3.8) is 0 Å². The van der Waals surface area contributed by atoms with Gasteiger partial charge in [0.05, 0.1) is 19.9 Å². The van der Waals surface area contributed by atoms with Crippen molar-refractivity contribution >= 4 is 45.6 Å². The third-order valence-electron chi connectivity index (χ3n) is 3.10. The molecule has 0 atom stereocenters. The highest BCUT2D eigenvalue weighted by Gasteiger charge is 2.07. The van der Waals surface area contributed by atoms with Crippen molar-refractivity contribution in [1.29, 1.82) is 0 Å². The Labute approximate surface area is 158 Å². The Morgan fingerprint density at radius 1 is 1.24 bits per heavy atom. The fourth-order valence-electron chi connectivity index (χ4n) is 1.88. The van der Waals surface area contributed by atoms with E-state index in [0.29, 0.717) is 21.9 Å². The van der Waals surface area contributed by atoms with Gasteiger partial charge in [-0.2, -0.15) is 5.10 Å². The Bertz CT molecular complexity index is 794. The lowest BCUT2D eigenvalue weighted by Crippen LogP contribution is -2.34. The SMILES string of the molecule is COc1ccc(Br)cc1/C=N/NC(=O)CNC(=O)c1ccc(Cl)cc1. The van der Waals surface area contributed by atoms with Crippen LogP contribution in [0.1, 0.15) is 15.9 Å². The lowest BCUT2D eigenvalue weighted by molar-refractivity contribution is -0.120. The topological polar surface area (TPSA) is 79.8 Å². The molecule has 0 aliphatic heterocycles. The number of carbonyl (C=O) groups is 2. The number of halogens is 2. The van der Waals surface area contributed by atoms with Gasteiger partial charge in [0, 0.05) is 20.6 Å². The van der Waals surface area contributed by atoms with Crippen LogP contribution in [0.15, 0.2) is 52.0 Å². The predicted octanol–water partition coefficient (Wildman–Crippen LogP) is 2.99. The molecule has 2 amide bonds. The second-order valence-corrected chi connectivity index (χ2v) is 6.22. The molecule has 8 heteroatoms. The average molecular weight is 425 g/mol. The minimum absolute atomic E-state index is 0.200. The molecule has 0 bridgehead atoms. The summed E-state index contributed by atoms with van der Waals surface area (Å²) in [6.07, 6.45) is 1.46. The molecule has 0 saturated carbocycles. The molecule has 130 valence electrons. The molecule has 2 N–H and O–H groups in total. The maximum Gasteiger partial charge on any atom is 0.259 e. The number of ether oxygens (including phenoxy) is 1. The van der Waals surface area contributed by atoms with E-state index >= 15 is 0 Å². The molecule has 0 fully saturated rings. The molecule has 0 spiro atoms. The van der Waals surface area contributed by atoms with Gasteiger partial charge in [-0.1, -0.05) is 27.5 Å². The Balaban J connectivity index is 1.85. The lowest BCUT2D eigenvalue weighted by atomic mass is 10.2. The summed E-state index contributed by atoms with van der Waals surface area (Å²) < 4.78 is 6.06. The van der Waals surface area contributed by atoms with E-state index in [0.717, 1.165) is 4.47 Å². The van der Waals surface area contributed by atoms with Gasteiger partial charge in [-0.3, -0.25) is 9.59 Å². The van der Waals surface area contributed by atoms with Gasteiger partial charge in [-0.05, 0) is 42.5 Å². The summed E-state index contributed by atoms with van der Waals surface area (Å²) >= 11 is 9.11. The summed E-state index contributed by atoms with van der Waals surface area (Å²) in [5, 5.41) is 6.89. The summed E-state index contributed by atoms with van der Waals surface area (Å²) in [6, 6.07) is 11.8. The molecule has 0 unspecified atom stereocenters. The summed E-state index contributed by atoms with van der Waals surface area (Å²) in [4.78, 5) is 23.6. The molecule has 0 saturated heterocycles. The quantitative estimate of drug-likeness (QED) is 0.553. The first kappa shape index (κ1) is 19.0. The van der Waals surface area contributed by atoms with Crippen LogP contribution in [0.4, 0.5) is 0 Å². The van der Waals surface area contributed by atoms with Crippen molar-refractivity contribution < 1.29 is 14.3 Å². The zero-order valence-corrected chi connectivity index (χ0v) is 15.6. The summed E-state index contributed by atoms with van der Waals surface area (Å²) in [5.74, 6) is -0.200. The first-order valence-corrected chi connectivity index (χ1v) is 8.36. The van der Waals surface area contributed by atoms with E-state index in [4.69, 9.17) is 16.3 Å². The van der Waals surface area contributed by atoms with Crippen LogP contribution in [-0.2, 0) is 4.79 Å². The van der Waals surface area contributed by atoms with E-state index < -0.39 is 5.91 Å². The molecule has 0 aliphatic carbocycles. The first-order valence-electron chi connectivity index (χ1n) is 7.19. The molecule has 2 aromatic carbocycles. The van der Waals surface area contributed by atoms with Crippen LogP contribution in [0.5, 0.6) is 5.75 Å². The lowest BCUT2D eigenvalue weighted by Gasteiger charge is -2.05. The molecule has 2 aromatic rings. The Kier molecular flexibility index (Phi) is 6.97. The number of amides is 2. The van der Waals surface area contributed by atoms with Crippen molar-refractivity contribution in [3.8, 4) is 5.75 Å². The molecule has 25 heavy (non-hydrogen) atoms. The van der Waals surface area contributed by atoms with Crippen molar-refractivity contribution in [3.05, 3.63) is 63.1 Å². The molecule has 0 heterocycles. The largest absolute Gasteiger partial charge is 0.496 e. The number of carbonyl (C=O) groups excluding carboxylic acids is 2. The third-order valence-corrected chi connectivity index (χ3v) is 3.85. The van der Waals surface area contributed by atoms with E-state index in [1.165, 1.54) is 6.21 Å². The Hall–Kier alpha value is -2.38. The Morgan fingerprint density at radius 2 is 1.96 bits per heavy atom. The van der Waals surface area contributed by atoms with Crippen LogP contribution >= 0.6 is 27.5 Å². The monoisotopic (exact) mass is 423 g/mol. The van der Waals surface area contributed by atoms with Crippen LogP contribution in [-0.4, -0.2) is 31.7 Å². The van der Waals surface area contributed by atoms with Crippen LogP contribution in [0.3, 0.4) is 0 Å². The minimum Gasteiger partial charge on any atom is -0.496 e. The van der Waals surface area contributed by atoms with E-state index in [1.54, 1.807) is 43.5 Å². The van der Waals surface area contributed by atoms with Gasteiger partial charge in [0.25, 0.3) is 11.8 Å².